The highest BCUT2D eigenvalue weighted by atomic mass is 19.1. The molecule has 0 radical (unpaired) electrons. The second-order valence-electron chi connectivity index (χ2n) is 6.99. The zero-order chi connectivity index (χ0) is 18.2. The molecule has 0 aliphatic carbocycles. The molecule has 0 saturated carbocycles. The fourth-order valence-corrected chi connectivity index (χ4v) is 2.91. The van der Waals surface area contributed by atoms with Crippen LogP contribution in [-0.4, -0.2) is 17.6 Å². The van der Waals surface area contributed by atoms with Gasteiger partial charge in [-0.25, -0.2) is 4.39 Å². The Balaban J connectivity index is 2.13. The van der Waals surface area contributed by atoms with Gasteiger partial charge in [0.1, 0.15) is 12.1 Å². The Morgan fingerprint density at radius 1 is 1.04 bits per heavy atom. The molecule has 128 valence electrons. The second kappa shape index (κ2) is 6.16. The summed E-state index contributed by atoms with van der Waals surface area (Å²) in [5.41, 5.74) is 3.16. The zero-order valence-corrected chi connectivity index (χ0v) is 14.3. The van der Waals surface area contributed by atoms with Crippen LogP contribution in [-0.2, 0) is 5.41 Å². The highest BCUT2D eigenvalue weighted by Crippen LogP contribution is 2.34. The van der Waals surface area contributed by atoms with Crippen LogP contribution in [0, 0.1) is 5.82 Å². The maximum atomic E-state index is 14.2. The summed E-state index contributed by atoms with van der Waals surface area (Å²) in [7, 11) is 0. The van der Waals surface area contributed by atoms with Gasteiger partial charge in [0.2, 0.25) is 0 Å². The minimum Gasteiger partial charge on any atom is -0.356 e. The molecule has 0 atom stereocenters. The number of anilines is 2. The molecular weight excluding hydrogens is 319 g/mol. The molecule has 1 aromatic heterocycles. The van der Waals surface area contributed by atoms with E-state index in [9.17, 15) is 14.0 Å². The molecule has 1 heterocycles. The summed E-state index contributed by atoms with van der Waals surface area (Å²) in [6.07, 6.45) is 1.45. The first-order valence-corrected chi connectivity index (χ1v) is 7.97. The summed E-state index contributed by atoms with van der Waals surface area (Å²) >= 11 is 0. The molecular formula is C20H19FN2O2. The first-order chi connectivity index (χ1) is 11.8. The lowest BCUT2D eigenvalue weighted by Crippen LogP contribution is -2.13. The van der Waals surface area contributed by atoms with Crippen LogP contribution in [0.25, 0.3) is 10.9 Å². The molecule has 0 aliphatic rings. The molecule has 0 unspecified atom stereocenters. The topological polar surface area (TPSA) is 62.0 Å². The van der Waals surface area contributed by atoms with Gasteiger partial charge in [0.05, 0.1) is 16.9 Å². The van der Waals surface area contributed by atoms with E-state index in [1.54, 1.807) is 6.07 Å². The van der Waals surface area contributed by atoms with Gasteiger partial charge in [0, 0.05) is 27.6 Å². The lowest BCUT2D eigenvalue weighted by atomic mass is 9.89. The number of aldehydes is 2. The molecule has 0 bridgehead atoms. The second-order valence-corrected chi connectivity index (χ2v) is 6.99. The summed E-state index contributed by atoms with van der Waals surface area (Å²) in [5.74, 6) is -0.514. The van der Waals surface area contributed by atoms with Crippen molar-refractivity contribution in [1.29, 1.82) is 0 Å². The lowest BCUT2D eigenvalue weighted by molar-refractivity contribution is 0.111. The minimum absolute atomic E-state index is 0.233. The van der Waals surface area contributed by atoms with Crippen LogP contribution in [0.3, 0.4) is 0 Å². The summed E-state index contributed by atoms with van der Waals surface area (Å²) < 4.78 is 14.2. The third kappa shape index (κ3) is 3.05. The summed E-state index contributed by atoms with van der Waals surface area (Å²) in [5, 5.41) is 3.83. The van der Waals surface area contributed by atoms with Crippen molar-refractivity contribution in [2.24, 2.45) is 0 Å². The number of H-pyrrole nitrogens is 1. The molecule has 0 saturated heterocycles. The largest absolute Gasteiger partial charge is 0.356 e. The number of fused-ring (bicyclic) bond motifs is 1. The summed E-state index contributed by atoms with van der Waals surface area (Å²) in [6, 6.07) is 9.74. The Morgan fingerprint density at radius 2 is 1.80 bits per heavy atom. The van der Waals surface area contributed by atoms with Crippen LogP contribution >= 0.6 is 0 Å². The molecule has 3 aromatic rings. The monoisotopic (exact) mass is 338 g/mol. The van der Waals surface area contributed by atoms with Crippen LogP contribution in [0.2, 0.25) is 0 Å². The fourth-order valence-electron chi connectivity index (χ4n) is 2.91. The van der Waals surface area contributed by atoms with Crippen LogP contribution in [0.5, 0.6) is 0 Å². The Kier molecular flexibility index (Phi) is 4.17. The van der Waals surface area contributed by atoms with E-state index >= 15 is 0 Å². The van der Waals surface area contributed by atoms with E-state index < -0.39 is 5.82 Å². The first kappa shape index (κ1) is 16.9. The number of nitrogens with one attached hydrogen (secondary N) is 2. The highest BCUT2D eigenvalue weighted by Gasteiger charge is 2.23. The van der Waals surface area contributed by atoms with Crippen LogP contribution in [0.1, 0.15) is 47.2 Å². The number of halogens is 1. The number of benzene rings is 2. The average Bonchev–Trinajstić information content (AvgIpc) is 2.96. The third-order valence-corrected chi connectivity index (χ3v) is 4.14. The van der Waals surface area contributed by atoms with E-state index in [-0.39, 0.29) is 16.7 Å². The number of carbonyl (C=O) groups excluding carboxylic acids is 2. The van der Waals surface area contributed by atoms with Gasteiger partial charge in [0.25, 0.3) is 0 Å². The van der Waals surface area contributed by atoms with E-state index in [4.69, 9.17) is 0 Å². The maximum absolute atomic E-state index is 14.2. The van der Waals surface area contributed by atoms with Crippen molar-refractivity contribution >= 4 is 34.9 Å². The van der Waals surface area contributed by atoms with Crippen molar-refractivity contribution in [3.05, 3.63) is 59.0 Å². The number of aromatic nitrogens is 1. The smallest absolute Gasteiger partial charge is 0.152 e. The van der Waals surface area contributed by atoms with Gasteiger partial charge in [-0.05, 0) is 24.3 Å². The molecule has 5 heteroatoms. The Labute approximate surface area is 145 Å². The summed E-state index contributed by atoms with van der Waals surface area (Å²) in [4.78, 5) is 25.7. The maximum Gasteiger partial charge on any atom is 0.152 e. The molecule has 2 N–H and O–H groups in total. The fraction of sp³-hybridized carbons (Fsp3) is 0.200. The predicted octanol–water partition coefficient (Wildman–Crippen LogP) is 4.97. The normalized spacial score (nSPS) is 11.5. The predicted molar refractivity (Wildman–Crippen MR) is 97.5 cm³/mol. The number of hydrogen-bond donors (Lipinski definition) is 2. The van der Waals surface area contributed by atoms with Gasteiger partial charge in [-0.2, -0.15) is 0 Å². The molecule has 0 amide bonds. The Bertz CT molecular complexity index is 968. The van der Waals surface area contributed by atoms with E-state index in [1.807, 2.05) is 39.0 Å². The third-order valence-electron chi connectivity index (χ3n) is 4.14. The van der Waals surface area contributed by atoms with Crippen molar-refractivity contribution in [2.45, 2.75) is 26.2 Å². The van der Waals surface area contributed by atoms with Crippen molar-refractivity contribution in [2.75, 3.05) is 5.32 Å². The van der Waals surface area contributed by atoms with Gasteiger partial charge in [-0.3, -0.25) is 9.59 Å². The molecule has 2 aromatic carbocycles. The number of aromatic amines is 1. The van der Waals surface area contributed by atoms with E-state index in [1.165, 1.54) is 12.1 Å². The summed E-state index contributed by atoms with van der Waals surface area (Å²) in [6.45, 7) is 6.07. The molecule has 0 spiro atoms. The SMILES string of the molecule is CC(C)(C)c1[nH]c2c(Nc3ccc(C=O)cc3F)cccc2c1C=O. The number of carbonyl (C=O) groups is 2. The van der Waals surface area contributed by atoms with Crippen molar-refractivity contribution in [1.82, 2.24) is 4.98 Å². The Morgan fingerprint density at radius 3 is 2.40 bits per heavy atom. The molecule has 0 aliphatic heterocycles. The van der Waals surface area contributed by atoms with Crippen LogP contribution in [0.4, 0.5) is 15.8 Å². The lowest BCUT2D eigenvalue weighted by Gasteiger charge is -2.17. The molecule has 4 nitrogen and oxygen atoms in total. The quantitative estimate of drug-likeness (QED) is 0.660. The number of hydrogen-bond acceptors (Lipinski definition) is 3. The van der Waals surface area contributed by atoms with Crippen molar-refractivity contribution < 1.29 is 14.0 Å². The van der Waals surface area contributed by atoms with E-state index in [0.29, 0.717) is 17.5 Å². The molecule has 3 rings (SSSR count). The van der Waals surface area contributed by atoms with E-state index in [2.05, 4.69) is 10.3 Å². The number of para-hydroxylation sites is 1. The van der Waals surface area contributed by atoms with E-state index in [0.717, 1.165) is 22.9 Å². The van der Waals surface area contributed by atoms with Crippen molar-refractivity contribution in [3.63, 3.8) is 0 Å². The van der Waals surface area contributed by atoms with Crippen LogP contribution in [0.15, 0.2) is 36.4 Å². The number of rotatable bonds is 4. The van der Waals surface area contributed by atoms with Crippen molar-refractivity contribution in [3.8, 4) is 0 Å². The van der Waals surface area contributed by atoms with Gasteiger partial charge in [0.15, 0.2) is 6.29 Å². The van der Waals surface area contributed by atoms with Gasteiger partial charge < -0.3 is 10.3 Å². The highest BCUT2D eigenvalue weighted by molar-refractivity contribution is 6.04. The van der Waals surface area contributed by atoms with Gasteiger partial charge in [-0.15, -0.1) is 0 Å². The van der Waals surface area contributed by atoms with Crippen LogP contribution < -0.4 is 5.32 Å². The standard InChI is InChI=1S/C20H19FN2O2/c1-20(2,3)19-14(11-25)13-5-4-6-17(18(13)23-19)22-16-8-7-12(10-24)9-15(16)21/h4-11,22-23H,1-3H3. The minimum atomic E-state index is -0.514. The molecule has 25 heavy (non-hydrogen) atoms. The average molecular weight is 338 g/mol. The van der Waals surface area contributed by atoms with Gasteiger partial charge >= 0.3 is 0 Å². The van der Waals surface area contributed by atoms with Gasteiger partial charge in [-0.1, -0.05) is 32.9 Å². The zero-order valence-electron chi connectivity index (χ0n) is 14.3. The molecule has 0 fully saturated rings. The Hall–Kier alpha value is -2.95. The first-order valence-electron chi connectivity index (χ1n) is 7.97.